The van der Waals surface area contributed by atoms with Gasteiger partial charge in [-0.3, -0.25) is 4.79 Å². The van der Waals surface area contributed by atoms with Crippen LogP contribution in [0.1, 0.15) is 32.1 Å². The summed E-state index contributed by atoms with van der Waals surface area (Å²) in [4.78, 5) is 13.6. The molecule has 2 aliphatic rings. The van der Waals surface area contributed by atoms with Crippen molar-refractivity contribution < 1.29 is 9.90 Å². The predicted molar refractivity (Wildman–Crippen MR) is 62.0 cm³/mol. The normalized spacial score (nSPS) is 21.9. The summed E-state index contributed by atoms with van der Waals surface area (Å²) in [7, 11) is 1.89. The number of amides is 1. The first-order valence-electron chi connectivity index (χ1n) is 6.24. The van der Waals surface area contributed by atoms with Gasteiger partial charge in [0.2, 0.25) is 5.91 Å². The molecule has 0 aromatic rings. The average molecular weight is 226 g/mol. The molecule has 0 heterocycles. The smallest absolute Gasteiger partial charge is 0.236 e. The minimum Gasteiger partial charge on any atom is -0.396 e. The van der Waals surface area contributed by atoms with Crippen LogP contribution in [-0.2, 0) is 4.79 Å². The van der Waals surface area contributed by atoms with Crippen LogP contribution < -0.4 is 5.32 Å². The van der Waals surface area contributed by atoms with Gasteiger partial charge in [-0.2, -0.15) is 0 Å². The summed E-state index contributed by atoms with van der Waals surface area (Å²) in [5, 5.41) is 12.2. The molecule has 92 valence electrons. The Bertz CT molecular complexity index is 260. The highest BCUT2D eigenvalue weighted by Crippen LogP contribution is 2.47. The lowest BCUT2D eigenvalue weighted by Gasteiger charge is -2.18. The molecule has 2 rings (SSSR count). The first-order valence-corrected chi connectivity index (χ1v) is 6.24. The summed E-state index contributed by atoms with van der Waals surface area (Å²) in [6.45, 7) is 1.58. The van der Waals surface area contributed by atoms with Gasteiger partial charge < -0.3 is 15.3 Å². The van der Waals surface area contributed by atoms with Gasteiger partial charge in [-0.25, -0.2) is 0 Å². The number of likely N-dealkylation sites (N-methyl/N-ethyl adjacent to an activating group) is 1. The number of rotatable bonds is 7. The van der Waals surface area contributed by atoms with Gasteiger partial charge >= 0.3 is 0 Å². The molecular weight excluding hydrogens is 204 g/mol. The maximum Gasteiger partial charge on any atom is 0.236 e. The van der Waals surface area contributed by atoms with E-state index in [2.05, 4.69) is 5.32 Å². The lowest BCUT2D eigenvalue weighted by Crippen LogP contribution is -2.38. The van der Waals surface area contributed by atoms with Crippen molar-refractivity contribution in [2.75, 3.05) is 26.7 Å². The van der Waals surface area contributed by atoms with Crippen LogP contribution in [0.5, 0.6) is 0 Å². The summed E-state index contributed by atoms with van der Waals surface area (Å²) in [6.07, 6.45) is 5.57. The van der Waals surface area contributed by atoms with Crippen LogP contribution in [0.4, 0.5) is 0 Å². The number of nitrogens with zero attached hydrogens (tertiary/aromatic N) is 1. The molecule has 0 aliphatic heterocycles. The van der Waals surface area contributed by atoms with Crippen molar-refractivity contribution in [3.63, 3.8) is 0 Å². The van der Waals surface area contributed by atoms with Gasteiger partial charge in [-0.05, 0) is 37.5 Å². The fourth-order valence-electron chi connectivity index (χ4n) is 2.15. The van der Waals surface area contributed by atoms with Crippen LogP contribution in [0.15, 0.2) is 0 Å². The molecule has 4 heteroatoms. The first-order chi connectivity index (χ1) is 7.67. The molecule has 0 saturated heterocycles. The lowest BCUT2D eigenvalue weighted by molar-refractivity contribution is -0.129. The van der Waals surface area contributed by atoms with Crippen LogP contribution in [0, 0.1) is 5.41 Å². The zero-order chi connectivity index (χ0) is 11.6. The van der Waals surface area contributed by atoms with E-state index in [1.165, 1.54) is 12.8 Å². The van der Waals surface area contributed by atoms with Crippen molar-refractivity contribution in [3.8, 4) is 0 Å². The Labute approximate surface area is 97.0 Å². The van der Waals surface area contributed by atoms with Crippen molar-refractivity contribution in [2.45, 2.75) is 38.1 Å². The van der Waals surface area contributed by atoms with Gasteiger partial charge in [0.1, 0.15) is 0 Å². The summed E-state index contributed by atoms with van der Waals surface area (Å²) < 4.78 is 0. The molecule has 0 aromatic carbocycles. The quantitative estimate of drug-likeness (QED) is 0.659. The molecule has 0 atom stereocenters. The summed E-state index contributed by atoms with van der Waals surface area (Å²) >= 11 is 0. The van der Waals surface area contributed by atoms with Crippen LogP contribution >= 0.6 is 0 Å². The van der Waals surface area contributed by atoms with Crippen LogP contribution in [-0.4, -0.2) is 48.7 Å². The van der Waals surface area contributed by atoms with Crippen molar-refractivity contribution in [3.05, 3.63) is 0 Å². The van der Waals surface area contributed by atoms with Crippen molar-refractivity contribution >= 4 is 5.91 Å². The second-order valence-electron chi connectivity index (χ2n) is 5.31. The second kappa shape index (κ2) is 4.72. The van der Waals surface area contributed by atoms with Gasteiger partial charge in [0.25, 0.3) is 0 Å². The molecule has 4 nitrogen and oxygen atoms in total. The number of carbonyl (C=O) groups excluding carboxylic acids is 1. The zero-order valence-electron chi connectivity index (χ0n) is 10.0. The monoisotopic (exact) mass is 226 g/mol. The molecule has 0 spiro atoms. The van der Waals surface area contributed by atoms with Crippen molar-refractivity contribution in [1.29, 1.82) is 0 Å². The van der Waals surface area contributed by atoms with E-state index in [9.17, 15) is 4.79 Å². The topological polar surface area (TPSA) is 52.6 Å². The number of carbonyl (C=O) groups is 1. The summed E-state index contributed by atoms with van der Waals surface area (Å²) in [5.41, 5.74) is 0.299. The van der Waals surface area contributed by atoms with E-state index in [-0.39, 0.29) is 12.5 Å². The van der Waals surface area contributed by atoms with Crippen molar-refractivity contribution in [2.24, 2.45) is 5.41 Å². The maximum atomic E-state index is 11.7. The number of aliphatic hydroxyl groups is 1. The number of hydrogen-bond acceptors (Lipinski definition) is 3. The van der Waals surface area contributed by atoms with E-state index < -0.39 is 0 Å². The predicted octanol–water partition coefficient (Wildman–Crippen LogP) is 0.359. The molecule has 16 heavy (non-hydrogen) atoms. The summed E-state index contributed by atoms with van der Waals surface area (Å²) in [6, 6.07) is 0.502. The third-order valence-corrected chi connectivity index (χ3v) is 3.86. The van der Waals surface area contributed by atoms with E-state index in [0.717, 1.165) is 25.8 Å². The minimum absolute atomic E-state index is 0.197. The van der Waals surface area contributed by atoms with E-state index in [4.69, 9.17) is 5.11 Å². The SMILES string of the molecule is CN(C(=O)CNCC1(CCO)CC1)C1CC1. The van der Waals surface area contributed by atoms with E-state index >= 15 is 0 Å². The van der Waals surface area contributed by atoms with Crippen LogP contribution in [0.25, 0.3) is 0 Å². The number of nitrogens with one attached hydrogen (secondary N) is 1. The number of aliphatic hydroxyl groups excluding tert-OH is 1. The fraction of sp³-hybridized carbons (Fsp3) is 0.917. The molecule has 0 aromatic heterocycles. The summed E-state index contributed by atoms with van der Waals surface area (Å²) in [5.74, 6) is 0.197. The third-order valence-electron chi connectivity index (χ3n) is 3.86. The van der Waals surface area contributed by atoms with Gasteiger partial charge in [-0.15, -0.1) is 0 Å². The fourth-order valence-corrected chi connectivity index (χ4v) is 2.15. The molecule has 2 saturated carbocycles. The second-order valence-corrected chi connectivity index (χ2v) is 5.31. The van der Waals surface area contributed by atoms with E-state index in [0.29, 0.717) is 18.0 Å². The standard InChI is InChI=1S/C12H22N2O2/c1-14(10-2-3-10)11(16)8-13-9-12(4-5-12)6-7-15/h10,13,15H,2-9H2,1H3. The molecule has 2 N–H and O–H groups in total. The lowest BCUT2D eigenvalue weighted by atomic mass is 10.0. The average Bonchev–Trinajstić information content (AvgIpc) is 3.12. The zero-order valence-corrected chi connectivity index (χ0v) is 10.0. The van der Waals surface area contributed by atoms with Crippen LogP contribution in [0.3, 0.4) is 0 Å². The first kappa shape index (κ1) is 11.9. The Morgan fingerprint density at radius 3 is 2.69 bits per heavy atom. The Kier molecular flexibility index (Phi) is 3.50. The molecule has 0 radical (unpaired) electrons. The molecule has 1 amide bonds. The largest absolute Gasteiger partial charge is 0.396 e. The molecule has 0 unspecified atom stereocenters. The molecular formula is C12H22N2O2. The third kappa shape index (κ3) is 2.95. The van der Waals surface area contributed by atoms with Crippen LogP contribution in [0.2, 0.25) is 0 Å². The molecule has 2 fully saturated rings. The van der Waals surface area contributed by atoms with Gasteiger partial charge in [0, 0.05) is 26.2 Å². The van der Waals surface area contributed by atoms with Gasteiger partial charge in [-0.1, -0.05) is 0 Å². The van der Waals surface area contributed by atoms with Gasteiger partial charge in [0.05, 0.1) is 6.54 Å². The Balaban J connectivity index is 1.62. The molecule has 0 bridgehead atoms. The Hall–Kier alpha value is -0.610. The highest BCUT2D eigenvalue weighted by Gasteiger charge is 2.41. The van der Waals surface area contributed by atoms with Crippen molar-refractivity contribution in [1.82, 2.24) is 10.2 Å². The maximum absolute atomic E-state index is 11.7. The highest BCUT2D eigenvalue weighted by atomic mass is 16.3. The van der Waals surface area contributed by atoms with E-state index in [1.807, 2.05) is 11.9 Å². The Morgan fingerprint density at radius 1 is 1.50 bits per heavy atom. The molecule has 2 aliphatic carbocycles. The van der Waals surface area contributed by atoms with Gasteiger partial charge in [0.15, 0.2) is 0 Å². The Morgan fingerprint density at radius 2 is 2.19 bits per heavy atom. The number of hydrogen-bond donors (Lipinski definition) is 2. The highest BCUT2D eigenvalue weighted by molar-refractivity contribution is 5.78. The minimum atomic E-state index is 0.197. The van der Waals surface area contributed by atoms with E-state index in [1.54, 1.807) is 0 Å².